The smallest absolute Gasteiger partial charge is 0.271 e. The second-order valence-electron chi connectivity index (χ2n) is 4.33. The molecule has 0 aliphatic carbocycles. The predicted molar refractivity (Wildman–Crippen MR) is 78.8 cm³/mol. The van der Waals surface area contributed by atoms with Gasteiger partial charge in [-0.1, -0.05) is 12.1 Å². The van der Waals surface area contributed by atoms with Crippen molar-refractivity contribution in [3.05, 3.63) is 70.0 Å². The van der Waals surface area contributed by atoms with Crippen LogP contribution in [-0.2, 0) is 4.79 Å². The molecular weight excluding hydrogens is 291 g/mol. The third-order valence-corrected chi connectivity index (χ3v) is 2.75. The summed E-state index contributed by atoms with van der Waals surface area (Å²) in [4.78, 5) is 21.8. The van der Waals surface area contributed by atoms with Crippen molar-refractivity contribution in [2.75, 3.05) is 5.32 Å². The Morgan fingerprint density at radius 2 is 1.91 bits per heavy atom. The molecule has 0 spiro atoms. The van der Waals surface area contributed by atoms with Crippen molar-refractivity contribution in [3.8, 4) is 5.75 Å². The molecule has 2 rings (SSSR count). The van der Waals surface area contributed by atoms with Crippen molar-refractivity contribution in [3.63, 3.8) is 0 Å². The first-order valence-corrected chi connectivity index (χ1v) is 6.18. The molecule has 2 aromatic rings. The van der Waals surface area contributed by atoms with Crippen molar-refractivity contribution < 1.29 is 19.2 Å². The molecule has 0 fully saturated rings. The number of phenolic OH excluding ortho intramolecular Hbond substituents is 1. The van der Waals surface area contributed by atoms with Gasteiger partial charge in [0.25, 0.3) is 5.69 Å². The summed E-state index contributed by atoms with van der Waals surface area (Å²) in [5.74, 6) is -1.25. The van der Waals surface area contributed by atoms with Crippen molar-refractivity contribution in [1.29, 1.82) is 0 Å². The van der Waals surface area contributed by atoms with Crippen LogP contribution >= 0.6 is 0 Å². The number of halogens is 1. The van der Waals surface area contributed by atoms with Crippen LogP contribution < -0.4 is 5.32 Å². The van der Waals surface area contributed by atoms with Gasteiger partial charge >= 0.3 is 0 Å². The van der Waals surface area contributed by atoms with Crippen LogP contribution in [0.3, 0.4) is 0 Å². The monoisotopic (exact) mass is 302 g/mol. The molecule has 0 aromatic heterocycles. The highest BCUT2D eigenvalue weighted by molar-refractivity contribution is 6.02. The van der Waals surface area contributed by atoms with E-state index in [4.69, 9.17) is 0 Å². The first kappa shape index (κ1) is 15.2. The Bertz CT molecular complexity index is 742. The van der Waals surface area contributed by atoms with Gasteiger partial charge in [-0.3, -0.25) is 14.9 Å². The van der Waals surface area contributed by atoms with Gasteiger partial charge in [0, 0.05) is 18.2 Å². The van der Waals surface area contributed by atoms with Crippen molar-refractivity contribution >= 4 is 23.4 Å². The zero-order valence-electron chi connectivity index (χ0n) is 11.2. The lowest BCUT2D eigenvalue weighted by molar-refractivity contribution is -0.384. The Labute approximate surface area is 124 Å². The molecule has 0 unspecified atom stereocenters. The number of non-ortho nitro benzene ring substituents is 1. The van der Waals surface area contributed by atoms with Gasteiger partial charge in [0.15, 0.2) is 0 Å². The Balaban J connectivity index is 2.10. The topological polar surface area (TPSA) is 92.5 Å². The average Bonchev–Trinajstić information content (AvgIpc) is 2.48. The molecular formula is C15H11FN2O4. The fourth-order valence-corrected chi connectivity index (χ4v) is 1.66. The number of phenols is 1. The van der Waals surface area contributed by atoms with E-state index in [-0.39, 0.29) is 22.9 Å². The molecule has 22 heavy (non-hydrogen) atoms. The maximum Gasteiger partial charge on any atom is 0.271 e. The molecule has 7 heteroatoms. The number of nitrogens with one attached hydrogen (secondary N) is 1. The minimum atomic E-state index is -0.635. The predicted octanol–water partition coefficient (Wildman–Crippen LogP) is 3.09. The normalized spacial score (nSPS) is 10.6. The summed E-state index contributed by atoms with van der Waals surface area (Å²) in [6, 6.07) is 8.79. The van der Waals surface area contributed by atoms with Crippen LogP contribution in [-0.4, -0.2) is 15.9 Å². The van der Waals surface area contributed by atoms with Gasteiger partial charge in [0.2, 0.25) is 5.91 Å². The third-order valence-electron chi connectivity index (χ3n) is 2.75. The number of carbonyl (C=O) groups is 1. The van der Waals surface area contributed by atoms with E-state index in [1.165, 1.54) is 36.4 Å². The first-order valence-electron chi connectivity index (χ1n) is 6.18. The lowest BCUT2D eigenvalue weighted by Gasteiger charge is -2.04. The van der Waals surface area contributed by atoms with Gasteiger partial charge in [-0.2, -0.15) is 0 Å². The largest absolute Gasteiger partial charge is 0.506 e. The highest BCUT2D eigenvalue weighted by Gasteiger charge is 2.11. The number of benzene rings is 2. The first-order chi connectivity index (χ1) is 10.5. The Morgan fingerprint density at radius 1 is 1.23 bits per heavy atom. The minimum Gasteiger partial charge on any atom is -0.506 e. The maximum absolute atomic E-state index is 12.7. The van der Waals surface area contributed by atoms with Crippen LogP contribution in [0.4, 0.5) is 15.8 Å². The SMILES string of the molecule is O=C(/C=C/c1ccc(F)cc1)Nc1cc([N+](=O)[O-])ccc1O. The van der Waals surface area contributed by atoms with Crippen LogP contribution in [0.2, 0.25) is 0 Å². The van der Waals surface area contributed by atoms with Crippen LogP contribution in [0.15, 0.2) is 48.5 Å². The number of hydrogen-bond acceptors (Lipinski definition) is 4. The molecule has 112 valence electrons. The van der Waals surface area contributed by atoms with Gasteiger partial charge in [-0.15, -0.1) is 0 Å². The van der Waals surface area contributed by atoms with Gasteiger partial charge in [0.1, 0.15) is 11.6 Å². The maximum atomic E-state index is 12.7. The fourth-order valence-electron chi connectivity index (χ4n) is 1.66. The Hall–Kier alpha value is -3.22. The van der Waals surface area contributed by atoms with E-state index in [0.717, 1.165) is 18.2 Å². The second kappa shape index (κ2) is 6.49. The lowest BCUT2D eigenvalue weighted by Crippen LogP contribution is -2.08. The van der Waals surface area contributed by atoms with Crippen LogP contribution in [0, 0.1) is 15.9 Å². The molecule has 0 heterocycles. The summed E-state index contributed by atoms with van der Waals surface area (Å²) >= 11 is 0. The number of carbonyl (C=O) groups excluding carboxylic acids is 1. The van der Waals surface area contributed by atoms with Crippen molar-refractivity contribution in [1.82, 2.24) is 0 Å². The minimum absolute atomic E-state index is 0.0667. The molecule has 0 bridgehead atoms. The van der Waals surface area contributed by atoms with E-state index >= 15 is 0 Å². The van der Waals surface area contributed by atoms with Crippen molar-refractivity contribution in [2.24, 2.45) is 0 Å². The Kier molecular flexibility index (Phi) is 4.47. The molecule has 2 aromatic carbocycles. The summed E-state index contributed by atoms with van der Waals surface area (Å²) in [6.45, 7) is 0. The summed E-state index contributed by atoms with van der Waals surface area (Å²) in [6.07, 6.45) is 2.62. The Morgan fingerprint density at radius 3 is 2.55 bits per heavy atom. The number of aromatic hydroxyl groups is 1. The summed E-state index contributed by atoms with van der Waals surface area (Å²) in [5, 5.41) is 22.6. The number of nitro benzene ring substituents is 1. The van der Waals surface area contributed by atoms with E-state index in [9.17, 15) is 24.4 Å². The lowest BCUT2D eigenvalue weighted by atomic mass is 10.2. The van der Waals surface area contributed by atoms with Crippen molar-refractivity contribution in [2.45, 2.75) is 0 Å². The number of nitro groups is 1. The molecule has 1 amide bonds. The quantitative estimate of drug-likeness (QED) is 0.393. The molecule has 2 N–H and O–H groups in total. The van der Waals surface area contributed by atoms with Crippen LogP contribution in [0.5, 0.6) is 5.75 Å². The fraction of sp³-hybridized carbons (Fsp3) is 0. The number of anilines is 1. The van der Waals surface area contributed by atoms with Crippen LogP contribution in [0.25, 0.3) is 6.08 Å². The van der Waals surface area contributed by atoms with Gasteiger partial charge in [0.05, 0.1) is 10.6 Å². The molecule has 0 radical (unpaired) electrons. The summed E-state index contributed by atoms with van der Waals surface area (Å²) < 4.78 is 12.7. The highest BCUT2D eigenvalue weighted by atomic mass is 19.1. The van der Waals surface area contributed by atoms with Crippen LogP contribution in [0.1, 0.15) is 5.56 Å². The summed E-state index contributed by atoms with van der Waals surface area (Å²) in [7, 11) is 0. The molecule has 6 nitrogen and oxygen atoms in total. The standard InChI is InChI=1S/C15H11FN2O4/c16-11-4-1-10(2-5-11)3-8-15(20)17-13-9-12(18(21)22)6-7-14(13)19/h1-9,19H,(H,17,20)/b8-3+. The zero-order chi connectivity index (χ0) is 16.1. The zero-order valence-corrected chi connectivity index (χ0v) is 11.2. The number of hydrogen-bond donors (Lipinski definition) is 2. The number of nitrogens with zero attached hydrogens (tertiary/aromatic N) is 1. The molecule has 0 aliphatic heterocycles. The average molecular weight is 302 g/mol. The van der Waals surface area contributed by atoms with E-state index in [1.807, 2.05) is 0 Å². The highest BCUT2D eigenvalue weighted by Crippen LogP contribution is 2.27. The summed E-state index contributed by atoms with van der Waals surface area (Å²) in [5.41, 5.74) is 0.290. The van der Waals surface area contributed by atoms with E-state index in [1.54, 1.807) is 0 Å². The van der Waals surface area contributed by atoms with Gasteiger partial charge in [-0.25, -0.2) is 4.39 Å². The number of amides is 1. The molecule has 0 saturated carbocycles. The third kappa shape index (κ3) is 3.89. The van der Waals surface area contributed by atoms with E-state index < -0.39 is 10.8 Å². The van der Waals surface area contributed by atoms with E-state index in [2.05, 4.69) is 5.32 Å². The number of rotatable bonds is 4. The van der Waals surface area contributed by atoms with Gasteiger partial charge in [-0.05, 0) is 29.8 Å². The van der Waals surface area contributed by atoms with Gasteiger partial charge < -0.3 is 10.4 Å². The van der Waals surface area contributed by atoms with E-state index in [0.29, 0.717) is 5.56 Å². The molecule has 0 atom stereocenters. The molecule has 0 saturated heterocycles. The molecule has 0 aliphatic rings. The second-order valence-corrected chi connectivity index (χ2v) is 4.33.